The van der Waals surface area contributed by atoms with Crippen molar-refractivity contribution in [2.45, 2.75) is 38.4 Å². The number of benzene rings is 3. The highest BCUT2D eigenvalue weighted by atomic mass is 35.5. The maximum atomic E-state index is 14.6. The number of carboxylic acids is 1. The summed E-state index contributed by atoms with van der Waals surface area (Å²) in [5, 5.41) is 17.3. The molecule has 0 spiro atoms. The zero-order valence-corrected chi connectivity index (χ0v) is 28.5. The lowest BCUT2D eigenvalue weighted by atomic mass is 9.88. The molecule has 1 aliphatic rings. The van der Waals surface area contributed by atoms with E-state index in [2.05, 4.69) is 25.8 Å². The largest absolute Gasteiger partial charge is 0.490 e. The van der Waals surface area contributed by atoms with Crippen LogP contribution in [0.3, 0.4) is 0 Å². The Kier molecular flexibility index (Phi) is 12.1. The van der Waals surface area contributed by atoms with Crippen molar-refractivity contribution in [3.63, 3.8) is 0 Å². The predicted molar refractivity (Wildman–Crippen MR) is 187 cm³/mol. The van der Waals surface area contributed by atoms with Gasteiger partial charge in [-0.1, -0.05) is 36.7 Å². The van der Waals surface area contributed by atoms with E-state index in [4.69, 9.17) is 21.5 Å². The van der Waals surface area contributed by atoms with Gasteiger partial charge < -0.3 is 35.8 Å². The molecule has 0 saturated heterocycles. The number of carboxylic acid groups (broad SMARTS) is 1. The second-order valence-corrected chi connectivity index (χ2v) is 12.7. The van der Waals surface area contributed by atoms with Gasteiger partial charge in [-0.2, -0.15) is 13.2 Å². The first kappa shape index (κ1) is 37.7. The Morgan fingerprint density at radius 3 is 2.24 bits per heavy atom. The fourth-order valence-electron chi connectivity index (χ4n) is 5.93. The Morgan fingerprint density at radius 1 is 1.02 bits per heavy atom. The average molecular weight is 715 g/mol. The lowest BCUT2D eigenvalue weighted by molar-refractivity contribution is -0.192. The van der Waals surface area contributed by atoms with Crippen LogP contribution < -0.4 is 20.9 Å². The van der Waals surface area contributed by atoms with E-state index in [1.165, 1.54) is 6.92 Å². The van der Waals surface area contributed by atoms with Crippen LogP contribution >= 0.6 is 11.6 Å². The number of hydrogen-bond acceptors (Lipinski definition) is 5. The summed E-state index contributed by atoms with van der Waals surface area (Å²) in [5.74, 6) is -3.29. The van der Waals surface area contributed by atoms with Crippen molar-refractivity contribution in [2.24, 2.45) is 5.92 Å². The Balaban J connectivity index is 0.000000727. The topological polar surface area (TPSA) is 147 Å². The number of amides is 4. The molecule has 5 rings (SSSR count). The summed E-state index contributed by atoms with van der Waals surface area (Å²) in [6.45, 7) is 4.73. The molecule has 11 nitrogen and oxygen atoms in total. The number of halogens is 4. The highest BCUT2D eigenvalue weighted by Crippen LogP contribution is 2.35. The molecule has 0 bridgehead atoms. The number of aliphatic carboxylic acids is 1. The van der Waals surface area contributed by atoms with Gasteiger partial charge in [-0.3, -0.25) is 9.59 Å². The number of nitrogens with one attached hydrogen (secondary N) is 4. The SMILES string of the molecule is CC(=O)Nc1ccc(NC(=O)NC(C(=O)N2C[C@@H](CN(C)C)Cc3cc(Cl)ccc32)C(C)c2c[nH]c3ccccc23)cc1.O=C(O)C(F)(F)F. The summed E-state index contributed by atoms with van der Waals surface area (Å²) in [6.07, 6.45) is -2.36. The minimum absolute atomic E-state index is 0.180. The molecule has 4 amide bonds. The Morgan fingerprint density at radius 2 is 1.64 bits per heavy atom. The first-order valence-corrected chi connectivity index (χ1v) is 16.0. The van der Waals surface area contributed by atoms with Crippen LogP contribution in [-0.4, -0.2) is 78.2 Å². The number of aromatic amines is 1. The van der Waals surface area contributed by atoms with Crippen LogP contribution in [0.1, 0.15) is 30.9 Å². The van der Waals surface area contributed by atoms with Gasteiger partial charge in [-0.05, 0) is 86.1 Å². The number of alkyl halides is 3. The van der Waals surface area contributed by atoms with E-state index < -0.39 is 24.2 Å². The number of H-pyrrole nitrogens is 1. The van der Waals surface area contributed by atoms with E-state index in [1.807, 2.05) is 68.5 Å². The van der Waals surface area contributed by atoms with Crippen LogP contribution in [0.2, 0.25) is 5.02 Å². The monoisotopic (exact) mass is 714 g/mol. The van der Waals surface area contributed by atoms with Crippen LogP contribution in [0.4, 0.5) is 35.0 Å². The molecule has 0 saturated carbocycles. The smallest absolute Gasteiger partial charge is 0.475 e. The highest BCUT2D eigenvalue weighted by molar-refractivity contribution is 6.30. The first-order valence-electron chi connectivity index (χ1n) is 15.6. The molecule has 3 aromatic carbocycles. The normalized spacial score (nSPS) is 15.3. The molecule has 0 aliphatic carbocycles. The number of hydrogen-bond donors (Lipinski definition) is 5. The molecule has 3 atom stereocenters. The number of rotatable bonds is 8. The summed E-state index contributed by atoms with van der Waals surface area (Å²) in [7, 11) is 4.05. The van der Waals surface area contributed by atoms with Crippen molar-refractivity contribution >= 4 is 63.4 Å². The molecule has 266 valence electrons. The maximum Gasteiger partial charge on any atom is 0.490 e. The molecule has 2 heterocycles. The van der Waals surface area contributed by atoms with Gasteiger partial charge in [-0.15, -0.1) is 0 Å². The molecule has 0 radical (unpaired) electrons. The van der Waals surface area contributed by atoms with Gasteiger partial charge in [0.15, 0.2) is 0 Å². The average Bonchev–Trinajstić information content (AvgIpc) is 3.47. The van der Waals surface area contributed by atoms with Gasteiger partial charge in [0, 0.05) is 65.1 Å². The summed E-state index contributed by atoms with van der Waals surface area (Å²) in [4.78, 5) is 55.5. The van der Waals surface area contributed by atoms with Crippen molar-refractivity contribution in [1.82, 2.24) is 15.2 Å². The van der Waals surface area contributed by atoms with Crippen LogP contribution in [0.25, 0.3) is 10.9 Å². The highest BCUT2D eigenvalue weighted by Gasteiger charge is 2.39. The predicted octanol–water partition coefficient (Wildman–Crippen LogP) is 6.47. The number of para-hydroxylation sites is 1. The lowest BCUT2D eigenvalue weighted by Crippen LogP contribution is -2.54. The quantitative estimate of drug-likeness (QED) is 0.141. The van der Waals surface area contributed by atoms with E-state index in [-0.39, 0.29) is 23.7 Å². The number of nitrogens with zero attached hydrogens (tertiary/aromatic N) is 2. The second-order valence-electron chi connectivity index (χ2n) is 12.3. The summed E-state index contributed by atoms with van der Waals surface area (Å²) in [6, 6.07) is 19.0. The van der Waals surface area contributed by atoms with Crippen LogP contribution in [0, 0.1) is 5.92 Å². The van der Waals surface area contributed by atoms with Crippen molar-refractivity contribution in [3.05, 3.63) is 89.1 Å². The number of anilines is 3. The van der Waals surface area contributed by atoms with Gasteiger partial charge in [0.1, 0.15) is 6.04 Å². The molecule has 0 fully saturated rings. The van der Waals surface area contributed by atoms with Gasteiger partial charge >= 0.3 is 18.2 Å². The molecule has 1 aliphatic heterocycles. The van der Waals surface area contributed by atoms with Crippen molar-refractivity contribution in [3.8, 4) is 0 Å². The molecule has 50 heavy (non-hydrogen) atoms. The third kappa shape index (κ3) is 9.76. The number of urea groups is 1. The summed E-state index contributed by atoms with van der Waals surface area (Å²) >= 11 is 6.37. The third-order valence-electron chi connectivity index (χ3n) is 8.04. The zero-order valence-electron chi connectivity index (χ0n) is 27.8. The minimum atomic E-state index is -5.08. The fraction of sp³-hybridized carbons (Fsp3) is 0.314. The van der Waals surface area contributed by atoms with E-state index in [9.17, 15) is 27.6 Å². The van der Waals surface area contributed by atoms with Gasteiger partial charge in [-0.25, -0.2) is 9.59 Å². The summed E-state index contributed by atoms with van der Waals surface area (Å²) in [5.41, 5.74) is 4.88. The van der Waals surface area contributed by atoms with Crippen LogP contribution in [0.5, 0.6) is 0 Å². The number of aromatic nitrogens is 1. The van der Waals surface area contributed by atoms with Crippen molar-refractivity contribution in [2.75, 3.05) is 42.7 Å². The van der Waals surface area contributed by atoms with E-state index in [0.29, 0.717) is 22.9 Å². The molecule has 5 N–H and O–H groups in total. The number of carbonyl (C=O) groups excluding carboxylic acids is 3. The summed E-state index contributed by atoms with van der Waals surface area (Å²) < 4.78 is 31.7. The fourth-order valence-corrected chi connectivity index (χ4v) is 6.12. The second kappa shape index (κ2) is 16.1. The third-order valence-corrected chi connectivity index (χ3v) is 8.28. The van der Waals surface area contributed by atoms with E-state index >= 15 is 0 Å². The van der Waals surface area contributed by atoms with Crippen molar-refractivity contribution in [1.29, 1.82) is 0 Å². The molecular weight excluding hydrogens is 677 g/mol. The van der Waals surface area contributed by atoms with Crippen LogP contribution in [0.15, 0.2) is 72.9 Å². The molecule has 1 aromatic heterocycles. The Hall–Kier alpha value is -5.08. The maximum absolute atomic E-state index is 14.6. The Labute approximate surface area is 291 Å². The van der Waals surface area contributed by atoms with E-state index in [1.54, 1.807) is 30.3 Å². The molecule has 15 heteroatoms. The minimum Gasteiger partial charge on any atom is -0.475 e. The van der Waals surface area contributed by atoms with Crippen molar-refractivity contribution < 1.29 is 37.5 Å². The Bertz CT molecular complexity index is 1850. The molecule has 4 aromatic rings. The van der Waals surface area contributed by atoms with Gasteiger partial charge in [0.2, 0.25) is 11.8 Å². The van der Waals surface area contributed by atoms with Crippen LogP contribution in [-0.2, 0) is 20.8 Å². The standard InChI is InChI=1S/C33H37ClN6O3.C2HF3O2/c1-20(28-17-35-29-8-6-5-7-27(28)29)31(38-33(43)37-26-12-10-25(11-13-26)36-21(2)41)32(42)40-19-22(18-39(3)4)15-23-16-24(34)9-14-30(23)40;3-2(4,5)1(6)7/h5-14,16-17,20,22,31,35H,15,18-19H2,1-4H3,(H,36,41)(H2,37,38,43);(H,6,7)/t20?,22-,31?;/m1./s1. The number of fused-ring (bicyclic) bond motifs is 2. The number of carbonyl (C=O) groups is 4. The molecule has 2 unspecified atom stereocenters. The van der Waals surface area contributed by atoms with E-state index in [0.717, 1.165) is 40.7 Å². The zero-order chi connectivity index (χ0) is 36.7. The van der Waals surface area contributed by atoms with Gasteiger partial charge in [0.05, 0.1) is 0 Å². The molecular formula is C35H38ClF3N6O5. The van der Waals surface area contributed by atoms with Gasteiger partial charge in [0.25, 0.3) is 0 Å². The first-order chi connectivity index (χ1) is 23.5. The lowest BCUT2D eigenvalue weighted by Gasteiger charge is -2.38.